The maximum Gasteiger partial charge on any atom is 0.260 e. The minimum Gasteiger partial charge on any atom is -0.495 e. The van der Waals surface area contributed by atoms with Crippen LogP contribution in [0.15, 0.2) is 66.7 Å². The minimum absolute atomic E-state index is 0. The van der Waals surface area contributed by atoms with Gasteiger partial charge in [0.15, 0.2) is 5.13 Å². The topological polar surface area (TPSA) is 64.1 Å². The molecule has 7 nitrogen and oxygen atoms in total. The summed E-state index contributed by atoms with van der Waals surface area (Å²) in [5.41, 5.74) is 1.21. The van der Waals surface area contributed by atoms with E-state index in [2.05, 4.69) is 4.90 Å². The average Bonchev–Trinajstić information content (AvgIpc) is 3.31. The van der Waals surface area contributed by atoms with Crippen LogP contribution in [0, 0.1) is 0 Å². The molecular weight excluding hydrogens is 498 g/mol. The molecule has 0 fully saturated rings. The fourth-order valence-corrected chi connectivity index (χ4v) is 4.79. The Morgan fingerprint density at radius 3 is 2.28 bits per heavy atom. The smallest absolute Gasteiger partial charge is 0.260 e. The van der Waals surface area contributed by atoms with E-state index in [1.165, 1.54) is 11.3 Å². The Bertz CT molecular complexity index is 1260. The van der Waals surface area contributed by atoms with Crippen molar-refractivity contribution in [2.24, 2.45) is 0 Å². The Kier molecular flexibility index (Phi) is 9.52. The molecule has 1 heterocycles. The van der Waals surface area contributed by atoms with Crippen molar-refractivity contribution in [1.29, 1.82) is 0 Å². The molecule has 0 unspecified atom stereocenters. The van der Waals surface area contributed by atoms with Crippen LogP contribution < -0.4 is 19.1 Å². The molecule has 3 aromatic carbocycles. The zero-order valence-corrected chi connectivity index (χ0v) is 22.4. The van der Waals surface area contributed by atoms with Crippen LogP contribution in [0.3, 0.4) is 0 Å². The molecule has 4 aromatic rings. The van der Waals surface area contributed by atoms with E-state index in [1.54, 1.807) is 31.3 Å². The second-order valence-corrected chi connectivity index (χ2v) is 9.18. The van der Waals surface area contributed by atoms with E-state index in [9.17, 15) is 4.79 Å². The van der Waals surface area contributed by atoms with Crippen LogP contribution in [0.5, 0.6) is 23.0 Å². The Labute approximate surface area is 221 Å². The quantitative estimate of drug-likeness (QED) is 0.247. The van der Waals surface area contributed by atoms with Crippen molar-refractivity contribution >= 4 is 45.0 Å². The maximum absolute atomic E-state index is 13.8. The molecule has 0 saturated carbocycles. The van der Waals surface area contributed by atoms with E-state index in [-0.39, 0.29) is 18.3 Å². The standard InChI is InChI=1S/C27H29N3O4S.ClH/c1-29(2)16-9-17-30(27-28-24-22(32-3)14-15-23(33-4)25(24)35-27)26(31)19-10-8-13-21(18-19)34-20-11-6-5-7-12-20;/h5-8,10-15,18H,9,16-17H2,1-4H3;1H. The van der Waals surface area contributed by atoms with Crippen LogP contribution in [-0.4, -0.2) is 57.2 Å². The minimum atomic E-state index is -0.140. The fraction of sp³-hybridized carbons (Fsp3) is 0.259. The van der Waals surface area contributed by atoms with Gasteiger partial charge < -0.3 is 19.1 Å². The van der Waals surface area contributed by atoms with E-state index in [1.807, 2.05) is 68.7 Å². The summed E-state index contributed by atoms with van der Waals surface area (Å²) < 4.78 is 17.8. The highest BCUT2D eigenvalue weighted by Gasteiger charge is 2.24. The number of para-hydroxylation sites is 1. The van der Waals surface area contributed by atoms with Gasteiger partial charge in [-0.2, -0.15) is 0 Å². The summed E-state index contributed by atoms with van der Waals surface area (Å²) in [4.78, 5) is 22.4. The summed E-state index contributed by atoms with van der Waals surface area (Å²) >= 11 is 1.42. The van der Waals surface area contributed by atoms with E-state index in [0.29, 0.717) is 45.8 Å². The van der Waals surface area contributed by atoms with Crippen LogP contribution in [-0.2, 0) is 0 Å². The number of anilines is 1. The van der Waals surface area contributed by atoms with E-state index >= 15 is 0 Å². The lowest BCUT2D eigenvalue weighted by atomic mass is 10.2. The Balaban J connectivity index is 0.00000361. The number of methoxy groups -OCH3 is 2. The SMILES string of the molecule is COc1ccc(OC)c2sc(N(CCCN(C)C)C(=O)c3cccc(Oc4ccccc4)c3)nc12.Cl. The molecular formula is C27H30ClN3O4S. The van der Waals surface area contributed by atoms with Crippen LogP contribution in [0.1, 0.15) is 16.8 Å². The summed E-state index contributed by atoms with van der Waals surface area (Å²) in [6, 6.07) is 20.4. The van der Waals surface area contributed by atoms with Crippen LogP contribution >= 0.6 is 23.7 Å². The van der Waals surface area contributed by atoms with Crippen LogP contribution in [0.4, 0.5) is 5.13 Å². The third kappa shape index (κ3) is 6.26. The van der Waals surface area contributed by atoms with Gasteiger partial charge in [0, 0.05) is 12.1 Å². The first-order valence-corrected chi connectivity index (χ1v) is 12.1. The number of carbonyl (C=O) groups is 1. The van der Waals surface area contributed by atoms with Crippen molar-refractivity contribution in [1.82, 2.24) is 9.88 Å². The number of nitrogens with zero attached hydrogens (tertiary/aromatic N) is 3. The van der Waals surface area contributed by atoms with Crippen molar-refractivity contribution in [3.8, 4) is 23.0 Å². The summed E-state index contributed by atoms with van der Waals surface area (Å²) in [5, 5.41) is 0.598. The van der Waals surface area contributed by atoms with E-state index in [0.717, 1.165) is 17.7 Å². The number of aromatic nitrogens is 1. The molecule has 0 aliphatic carbocycles. The van der Waals surface area contributed by atoms with Gasteiger partial charge in [-0.1, -0.05) is 35.6 Å². The number of benzene rings is 3. The maximum atomic E-state index is 13.8. The van der Waals surface area contributed by atoms with Gasteiger partial charge in [0.05, 0.1) is 14.2 Å². The van der Waals surface area contributed by atoms with Gasteiger partial charge in [0.25, 0.3) is 5.91 Å². The van der Waals surface area contributed by atoms with Crippen LogP contribution in [0.25, 0.3) is 10.2 Å². The van der Waals surface area contributed by atoms with Gasteiger partial charge >= 0.3 is 0 Å². The molecule has 0 spiro atoms. The van der Waals surface area contributed by atoms with Crippen LogP contribution in [0.2, 0.25) is 0 Å². The molecule has 1 amide bonds. The predicted molar refractivity (Wildman–Crippen MR) is 148 cm³/mol. The zero-order valence-electron chi connectivity index (χ0n) is 20.8. The fourth-order valence-electron chi connectivity index (χ4n) is 3.69. The molecule has 9 heteroatoms. The van der Waals surface area contributed by atoms with Gasteiger partial charge in [0.1, 0.15) is 33.2 Å². The number of thiazole rings is 1. The first-order chi connectivity index (χ1) is 17.0. The molecule has 0 radical (unpaired) electrons. The number of amides is 1. The molecule has 1 aromatic heterocycles. The lowest BCUT2D eigenvalue weighted by Gasteiger charge is -2.21. The highest BCUT2D eigenvalue weighted by atomic mass is 35.5. The van der Waals surface area contributed by atoms with Gasteiger partial charge in [-0.15, -0.1) is 12.4 Å². The number of hydrogen-bond acceptors (Lipinski definition) is 7. The molecule has 0 aliphatic heterocycles. The lowest BCUT2D eigenvalue weighted by Crippen LogP contribution is -2.33. The third-order valence-electron chi connectivity index (χ3n) is 5.42. The largest absolute Gasteiger partial charge is 0.495 e. The van der Waals surface area contributed by atoms with Crippen molar-refractivity contribution in [2.45, 2.75) is 6.42 Å². The number of fused-ring (bicyclic) bond motifs is 1. The molecule has 0 saturated heterocycles. The summed E-state index contributed by atoms with van der Waals surface area (Å²) in [7, 11) is 7.27. The molecule has 0 atom stereocenters. The Hall–Kier alpha value is -3.33. The second kappa shape index (κ2) is 12.6. The molecule has 36 heavy (non-hydrogen) atoms. The highest BCUT2D eigenvalue weighted by molar-refractivity contribution is 7.22. The van der Waals surface area contributed by atoms with Crippen molar-refractivity contribution in [3.63, 3.8) is 0 Å². The average molecular weight is 528 g/mol. The molecule has 0 N–H and O–H groups in total. The van der Waals surface area contributed by atoms with Gasteiger partial charge in [0.2, 0.25) is 0 Å². The van der Waals surface area contributed by atoms with E-state index < -0.39 is 0 Å². The normalized spacial score (nSPS) is 10.7. The molecule has 190 valence electrons. The first kappa shape index (κ1) is 27.3. The third-order valence-corrected chi connectivity index (χ3v) is 6.51. The number of hydrogen-bond donors (Lipinski definition) is 0. The number of ether oxygens (including phenoxy) is 3. The van der Waals surface area contributed by atoms with Gasteiger partial charge in [-0.25, -0.2) is 4.98 Å². The summed E-state index contributed by atoms with van der Waals surface area (Å²) in [6.45, 7) is 1.36. The molecule has 0 bridgehead atoms. The Morgan fingerprint density at radius 2 is 1.58 bits per heavy atom. The highest BCUT2D eigenvalue weighted by Crippen LogP contribution is 2.40. The summed E-state index contributed by atoms with van der Waals surface area (Å²) in [6.07, 6.45) is 0.795. The molecule has 4 rings (SSSR count). The lowest BCUT2D eigenvalue weighted by molar-refractivity contribution is 0.0985. The summed E-state index contributed by atoms with van der Waals surface area (Å²) in [5.74, 6) is 2.51. The number of rotatable bonds is 10. The van der Waals surface area contributed by atoms with Crippen molar-refractivity contribution < 1.29 is 19.0 Å². The Morgan fingerprint density at radius 1 is 0.889 bits per heavy atom. The number of halogens is 1. The monoisotopic (exact) mass is 527 g/mol. The zero-order chi connectivity index (χ0) is 24.8. The number of carbonyl (C=O) groups excluding carboxylic acids is 1. The van der Waals surface area contributed by atoms with Crippen molar-refractivity contribution in [2.75, 3.05) is 46.3 Å². The predicted octanol–water partition coefficient (Wildman–Crippen LogP) is 6.13. The second-order valence-electron chi connectivity index (χ2n) is 8.20. The van der Waals surface area contributed by atoms with Crippen molar-refractivity contribution in [3.05, 3.63) is 72.3 Å². The first-order valence-electron chi connectivity index (χ1n) is 11.3. The van der Waals surface area contributed by atoms with Gasteiger partial charge in [-0.05, 0) is 69.5 Å². The van der Waals surface area contributed by atoms with E-state index in [4.69, 9.17) is 19.2 Å². The molecule has 0 aliphatic rings. The van der Waals surface area contributed by atoms with Gasteiger partial charge in [-0.3, -0.25) is 9.69 Å².